The van der Waals surface area contributed by atoms with Crippen LogP contribution in [0.1, 0.15) is 281 Å². The summed E-state index contributed by atoms with van der Waals surface area (Å²) < 4.78 is 43.2. The molecule has 2 saturated carbocycles. The second kappa shape index (κ2) is 46.8. The minimum atomic E-state index is -0.760. The first-order valence-corrected chi connectivity index (χ1v) is 36.9. The first-order chi connectivity index (χ1) is 46.6. The fourth-order valence-electron chi connectivity index (χ4n) is 10.5. The molecule has 0 saturated heterocycles. The summed E-state index contributed by atoms with van der Waals surface area (Å²) >= 11 is 0. The highest BCUT2D eigenvalue weighted by atomic mass is 16.6. The van der Waals surface area contributed by atoms with Gasteiger partial charge in [0, 0.05) is 13.5 Å². The summed E-state index contributed by atoms with van der Waals surface area (Å²) in [4.78, 5) is 80.3. The maximum Gasteiger partial charge on any atom is 0.309 e. The minimum absolute atomic E-state index is 0. The molecule has 2 fully saturated rings. The highest BCUT2D eigenvalue weighted by Crippen LogP contribution is 2.38. The number of benzene rings is 4. The summed E-state index contributed by atoms with van der Waals surface area (Å²) in [5.41, 5.74) is 1.28. The molecule has 2 aliphatic carbocycles. The largest absolute Gasteiger partial charge is 0.459 e. The molecular formula is C87H140O15. The monoisotopic (exact) mass is 1430 g/mol. The summed E-state index contributed by atoms with van der Waals surface area (Å²) in [5, 5.41) is 0. The molecule has 15 nitrogen and oxygen atoms in total. The topological polar surface area (TPSA) is 193 Å². The molecule has 0 aromatic heterocycles. The van der Waals surface area contributed by atoms with Gasteiger partial charge in [-0.1, -0.05) is 246 Å². The second-order valence-corrected chi connectivity index (χ2v) is 32.0. The Morgan fingerprint density at radius 1 is 0.382 bits per heavy atom. The van der Waals surface area contributed by atoms with Gasteiger partial charge in [-0.3, -0.25) is 33.6 Å². The summed E-state index contributed by atoms with van der Waals surface area (Å²) in [7, 11) is 1.59. The lowest BCUT2D eigenvalue weighted by molar-refractivity contribution is -0.165. The van der Waals surface area contributed by atoms with Crippen LogP contribution in [-0.4, -0.2) is 83.5 Å². The molecule has 0 amide bonds. The molecule has 0 spiro atoms. The van der Waals surface area contributed by atoms with Gasteiger partial charge in [0.2, 0.25) is 0 Å². The van der Waals surface area contributed by atoms with Crippen LogP contribution in [0.5, 0.6) is 0 Å². The van der Waals surface area contributed by atoms with E-state index in [1.165, 1.54) is 31.2 Å². The van der Waals surface area contributed by atoms with Crippen molar-refractivity contribution in [2.24, 2.45) is 47.3 Å². The maximum atomic E-state index is 12.1. The van der Waals surface area contributed by atoms with Crippen molar-refractivity contribution in [2.75, 3.05) is 13.7 Å². The van der Waals surface area contributed by atoms with Gasteiger partial charge >= 0.3 is 41.8 Å². The van der Waals surface area contributed by atoms with Crippen LogP contribution in [-0.2, 0) is 89.1 Å². The molecule has 6 rings (SSSR count). The Morgan fingerprint density at radius 3 is 1.03 bits per heavy atom. The van der Waals surface area contributed by atoms with E-state index in [0.29, 0.717) is 12.5 Å². The Balaban J connectivity index is 0. The lowest BCUT2D eigenvalue weighted by Gasteiger charge is -2.31. The Hall–Kier alpha value is -6.87. The van der Waals surface area contributed by atoms with Crippen LogP contribution in [0.25, 0.3) is 0 Å². The van der Waals surface area contributed by atoms with Crippen LogP contribution < -0.4 is 0 Å². The molecule has 102 heavy (non-hydrogen) atoms. The summed E-state index contributed by atoms with van der Waals surface area (Å²) in [5.74, 6) is -0.755. The van der Waals surface area contributed by atoms with Crippen LogP contribution in [0.4, 0.5) is 0 Å². The zero-order valence-corrected chi connectivity index (χ0v) is 67.8. The van der Waals surface area contributed by atoms with Crippen molar-refractivity contribution in [1.82, 2.24) is 0 Å². The van der Waals surface area contributed by atoms with Crippen LogP contribution >= 0.6 is 0 Å². The molecule has 0 heterocycles. The number of esters is 7. The van der Waals surface area contributed by atoms with Gasteiger partial charge in [-0.2, -0.15) is 0 Å². The second-order valence-electron chi connectivity index (χ2n) is 32.0. The predicted molar refractivity (Wildman–Crippen MR) is 414 cm³/mol. The number of ether oxygens (including phenoxy) is 8. The first kappa shape index (κ1) is 97.2. The molecule has 4 aromatic carbocycles. The van der Waals surface area contributed by atoms with Crippen molar-refractivity contribution in [3.63, 3.8) is 0 Å². The summed E-state index contributed by atoms with van der Waals surface area (Å²) in [6.45, 7) is 52.0. The SMILES string of the molecule is C.CC(C)C(=O)OC(C)(C)Cc1ccccc1.CC(C)C(=O)OC(C)(C)c1ccccc1.CC(C)C(=O)OC(C)(c1ccccc1)c1ccccc1.CC(C)C(=O)OC1(C)CCCC1.CC(C)CC(C)(C)OC(=O)C(C)C.CCC1(OC(=O)C(C)C)CCCC1.COCC(C)(C)OC(=O)C(C)C. The van der Waals surface area contributed by atoms with E-state index in [2.05, 4.69) is 20.8 Å². The van der Waals surface area contributed by atoms with E-state index in [1.807, 2.05) is 287 Å². The normalized spacial score (nSPS) is 13.8. The van der Waals surface area contributed by atoms with Gasteiger partial charge in [0.1, 0.15) is 33.6 Å². The van der Waals surface area contributed by atoms with Crippen molar-refractivity contribution in [3.05, 3.63) is 144 Å². The lowest BCUT2D eigenvalue weighted by Crippen LogP contribution is -2.34. The van der Waals surface area contributed by atoms with Gasteiger partial charge in [0.05, 0.1) is 48.0 Å². The van der Waals surface area contributed by atoms with Crippen molar-refractivity contribution >= 4 is 41.8 Å². The Morgan fingerprint density at radius 2 is 0.686 bits per heavy atom. The number of hydrogen-bond acceptors (Lipinski definition) is 15. The van der Waals surface area contributed by atoms with Crippen molar-refractivity contribution in [1.29, 1.82) is 0 Å². The number of hydrogen-bond donors (Lipinski definition) is 0. The third kappa shape index (κ3) is 39.7. The van der Waals surface area contributed by atoms with Gasteiger partial charge in [-0.25, -0.2) is 0 Å². The van der Waals surface area contributed by atoms with Gasteiger partial charge in [0.25, 0.3) is 0 Å². The Kier molecular flexibility index (Phi) is 44.6. The number of carbonyl (C=O) groups is 7. The van der Waals surface area contributed by atoms with E-state index in [-0.39, 0.29) is 107 Å². The average molecular weight is 1430 g/mol. The highest BCUT2D eigenvalue weighted by Gasteiger charge is 2.38. The Bertz CT molecular complexity index is 2940. The van der Waals surface area contributed by atoms with E-state index in [0.717, 1.165) is 61.6 Å². The maximum absolute atomic E-state index is 12.1. The third-order valence-corrected chi connectivity index (χ3v) is 16.6. The highest BCUT2D eigenvalue weighted by molar-refractivity contribution is 5.75. The molecule has 0 unspecified atom stereocenters. The fraction of sp³-hybridized carbons (Fsp3) is 0.644. The van der Waals surface area contributed by atoms with Crippen LogP contribution in [0, 0.1) is 47.3 Å². The van der Waals surface area contributed by atoms with E-state index in [4.69, 9.17) is 37.9 Å². The fourth-order valence-corrected chi connectivity index (χ4v) is 10.5. The van der Waals surface area contributed by atoms with Crippen molar-refractivity contribution in [3.8, 4) is 0 Å². The lowest BCUT2D eigenvalue weighted by atomic mass is 9.88. The molecule has 0 aliphatic heterocycles. The smallest absolute Gasteiger partial charge is 0.309 e. The minimum Gasteiger partial charge on any atom is -0.459 e. The summed E-state index contributed by atoms with van der Waals surface area (Å²) in [6, 6.07) is 39.5. The number of carbonyl (C=O) groups excluding carboxylic acids is 7. The predicted octanol–water partition coefficient (Wildman–Crippen LogP) is 21.2. The van der Waals surface area contributed by atoms with Crippen LogP contribution in [0.3, 0.4) is 0 Å². The number of methoxy groups -OCH3 is 1. The molecule has 0 N–H and O–H groups in total. The molecule has 0 radical (unpaired) electrons. The first-order valence-electron chi connectivity index (χ1n) is 36.9. The van der Waals surface area contributed by atoms with Gasteiger partial charge in [-0.15, -0.1) is 0 Å². The van der Waals surface area contributed by atoms with Crippen molar-refractivity contribution < 1.29 is 71.5 Å². The van der Waals surface area contributed by atoms with Crippen molar-refractivity contribution in [2.45, 2.75) is 304 Å². The standard InChI is InChI=1S/C18H20O2.C14H20O2.C13H18O2.C11H20O2.C11H22O2.C10H18O2.C9H18O3.CH4/c1-14(2)17(19)20-18(3,15-10-6-4-7-11-15)16-12-8-5-9-13-16;1-11(2)13(15)16-14(3,4)10-12-8-6-5-7-9-12;1-10(2)12(14)15-13(3,4)11-8-6-5-7-9-11;1-4-11(7-5-6-8-11)13-10(12)9(2)3;1-8(2)7-11(5,6)13-10(12)9(3)4;1-8(2)9(11)12-10(3)6-4-5-7-10;1-7(2)8(10)12-9(3,4)6-11-5;/h4-14H,1-3H3;5-9,11H,10H2,1-4H3;5-10H,1-4H3;9H,4-8H2,1-3H3;8-9H,7H2,1-6H3;8H,4-7H2,1-3H3;7H,6H2,1-5H3;1H4. The molecular weight excluding hydrogens is 1280 g/mol. The molecule has 4 aromatic rings. The zero-order chi connectivity index (χ0) is 77.8. The van der Waals surface area contributed by atoms with Crippen LogP contribution in [0.2, 0.25) is 0 Å². The van der Waals surface area contributed by atoms with E-state index >= 15 is 0 Å². The zero-order valence-electron chi connectivity index (χ0n) is 67.8. The molecule has 0 bridgehead atoms. The molecule has 578 valence electrons. The summed E-state index contributed by atoms with van der Waals surface area (Å²) in [6.07, 6.45) is 11.6. The van der Waals surface area contributed by atoms with E-state index < -0.39 is 22.4 Å². The van der Waals surface area contributed by atoms with E-state index in [1.54, 1.807) is 7.11 Å². The van der Waals surface area contributed by atoms with Gasteiger partial charge < -0.3 is 37.9 Å². The van der Waals surface area contributed by atoms with Gasteiger partial charge in [-0.05, 0) is 162 Å². The van der Waals surface area contributed by atoms with E-state index in [9.17, 15) is 33.6 Å². The average Bonchev–Trinajstić information content (AvgIpc) is 1.02. The molecule has 0 atom stereocenters. The Labute approximate surface area is 619 Å². The third-order valence-electron chi connectivity index (χ3n) is 16.6. The van der Waals surface area contributed by atoms with Gasteiger partial charge in [0.15, 0.2) is 5.60 Å². The molecule has 15 heteroatoms. The number of rotatable bonds is 24. The quantitative estimate of drug-likeness (QED) is 0.0475. The molecule has 2 aliphatic rings. The van der Waals surface area contributed by atoms with Crippen LogP contribution in [0.15, 0.2) is 121 Å².